The zero-order valence-corrected chi connectivity index (χ0v) is 18.3. The molecular formula is C24H20FN3OS2. The van der Waals surface area contributed by atoms with Gasteiger partial charge in [0, 0.05) is 23.4 Å². The van der Waals surface area contributed by atoms with Crippen LogP contribution < -0.4 is 0 Å². The van der Waals surface area contributed by atoms with Crippen molar-refractivity contribution in [1.29, 1.82) is 0 Å². The highest BCUT2D eigenvalue weighted by Gasteiger charge is 2.38. The van der Waals surface area contributed by atoms with Crippen molar-refractivity contribution in [2.75, 3.05) is 0 Å². The molecule has 5 rings (SSSR count). The van der Waals surface area contributed by atoms with Crippen LogP contribution in [-0.2, 0) is 4.79 Å². The molecule has 1 saturated heterocycles. The maximum absolute atomic E-state index is 13.5. The number of carbonyl (C=O) groups is 1. The van der Waals surface area contributed by atoms with Crippen LogP contribution in [0, 0.1) is 5.82 Å². The first-order valence-corrected chi connectivity index (χ1v) is 11.5. The average molecular weight is 450 g/mol. The van der Waals surface area contributed by atoms with Crippen molar-refractivity contribution < 1.29 is 9.18 Å². The van der Waals surface area contributed by atoms with E-state index in [9.17, 15) is 9.18 Å². The SMILES string of the molecule is O=C1/C(=C/c2cn(-c3ccccc3)nc2-c2ccc(F)cc2)SC(=S)N1C1CCCC1. The lowest BCUT2D eigenvalue weighted by Crippen LogP contribution is -2.36. The first-order chi connectivity index (χ1) is 15.1. The molecule has 31 heavy (non-hydrogen) atoms. The molecule has 2 fully saturated rings. The average Bonchev–Trinajstić information content (AvgIpc) is 3.50. The Labute approximate surface area is 189 Å². The van der Waals surface area contributed by atoms with Gasteiger partial charge >= 0.3 is 0 Å². The summed E-state index contributed by atoms with van der Waals surface area (Å²) in [5.74, 6) is -0.329. The van der Waals surface area contributed by atoms with Crippen molar-refractivity contribution in [2.24, 2.45) is 0 Å². The van der Waals surface area contributed by atoms with Crippen LogP contribution in [0.25, 0.3) is 23.0 Å². The maximum Gasteiger partial charge on any atom is 0.266 e. The van der Waals surface area contributed by atoms with Crippen molar-refractivity contribution >= 4 is 40.3 Å². The highest BCUT2D eigenvalue weighted by atomic mass is 32.2. The van der Waals surface area contributed by atoms with Crippen LogP contribution >= 0.6 is 24.0 Å². The van der Waals surface area contributed by atoms with E-state index in [-0.39, 0.29) is 17.8 Å². The fraction of sp³-hybridized carbons (Fsp3) is 0.208. The van der Waals surface area contributed by atoms with E-state index < -0.39 is 0 Å². The molecule has 2 aliphatic rings. The number of hydrogen-bond acceptors (Lipinski definition) is 4. The Morgan fingerprint density at radius 3 is 2.48 bits per heavy atom. The van der Waals surface area contributed by atoms with Crippen molar-refractivity contribution in [3.05, 3.63) is 77.1 Å². The van der Waals surface area contributed by atoms with E-state index in [0.29, 0.717) is 14.9 Å². The third-order valence-electron chi connectivity index (χ3n) is 5.68. The lowest BCUT2D eigenvalue weighted by atomic mass is 10.1. The van der Waals surface area contributed by atoms with Crippen LogP contribution in [0.2, 0.25) is 0 Å². The number of thioether (sulfide) groups is 1. The maximum atomic E-state index is 13.5. The van der Waals surface area contributed by atoms with Gasteiger partial charge in [-0.3, -0.25) is 9.69 Å². The van der Waals surface area contributed by atoms with Crippen LogP contribution in [0.1, 0.15) is 31.2 Å². The Morgan fingerprint density at radius 1 is 1.06 bits per heavy atom. The first-order valence-electron chi connectivity index (χ1n) is 10.3. The topological polar surface area (TPSA) is 38.1 Å². The summed E-state index contributed by atoms with van der Waals surface area (Å²) < 4.78 is 15.9. The van der Waals surface area contributed by atoms with Gasteiger partial charge in [-0.25, -0.2) is 9.07 Å². The molecular weight excluding hydrogens is 429 g/mol. The van der Waals surface area contributed by atoms with Crippen LogP contribution in [0.3, 0.4) is 0 Å². The molecule has 0 radical (unpaired) electrons. The van der Waals surface area contributed by atoms with Crippen LogP contribution in [-0.4, -0.2) is 30.9 Å². The largest absolute Gasteiger partial charge is 0.290 e. The normalized spacial score (nSPS) is 18.5. The predicted octanol–water partition coefficient (Wildman–Crippen LogP) is 5.82. The van der Waals surface area contributed by atoms with Crippen molar-refractivity contribution in [3.8, 4) is 16.9 Å². The molecule has 1 aromatic heterocycles. The number of aromatic nitrogens is 2. The van der Waals surface area contributed by atoms with E-state index in [0.717, 1.165) is 42.5 Å². The summed E-state index contributed by atoms with van der Waals surface area (Å²) in [7, 11) is 0. The van der Waals surface area contributed by atoms with Gasteiger partial charge in [0.1, 0.15) is 10.1 Å². The van der Waals surface area contributed by atoms with Crippen LogP contribution in [0.4, 0.5) is 4.39 Å². The summed E-state index contributed by atoms with van der Waals surface area (Å²) in [6.45, 7) is 0. The van der Waals surface area contributed by atoms with Gasteiger partial charge in [-0.05, 0) is 55.3 Å². The van der Waals surface area contributed by atoms with Gasteiger partial charge in [-0.1, -0.05) is 55.0 Å². The van der Waals surface area contributed by atoms with Gasteiger partial charge in [0.2, 0.25) is 0 Å². The second-order valence-corrected chi connectivity index (χ2v) is 9.39. The molecule has 156 valence electrons. The molecule has 1 saturated carbocycles. The Morgan fingerprint density at radius 2 is 1.77 bits per heavy atom. The summed E-state index contributed by atoms with van der Waals surface area (Å²) in [5, 5.41) is 4.75. The minimum Gasteiger partial charge on any atom is -0.290 e. The van der Waals surface area contributed by atoms with E-state index in [1.165, 1.54) is 23.9 Å². The standard InChI is InChI=1S/C24H20FN3OS2/c25-18-12-10-16(11-13-18)22-17(15-27(26-22)19-6-2-1-3-7-19)14-21-23(29)28(24(30)31-21)20-8-4-5-9-20/h1-3,6-7,10-15,20H,4-5,8-9H2/b21-14-. The molecule has 0 atom stereocenters. The molecule has 0 unspecified atom stereocenters. The number of carbonyl (C=O) groups excluding carboxylic acids is 1. The van der Waals surface area contributed by atoms with Crippen molar-refractivity contribution in [3.63, 3.8) is 0 Å². The van der Waals surface area contributed by atoms with Gasteiger partial charge in [0.25, 0.3) is 5.91 Å². The molecule has 7 heteroatoms. The minimum atomic E-state index is -0.301. The molecule has 1 aliphatic heterocycles. The number of rotatable bonds is 4. The monoisotopic (exact) mass is 449 g/mol. The number of para-hydroxylation sites is 1. The summed E-state index contributed by atoms with van der Waals surface area (Å²) in [5.41, 5.74) is 3.18. The Hall–Kier alpha value is -2.77. The number of amides is 1. The van der Waals surface area contributed by atoms with Crippen LogP contribution in [0.5, 0.6) is 0 Å². The summed E-state index contributed by atoms with van der Waals surface area (Å²) in [6.07, 6.45) is 8.05. The Bertz CT molecular complexity index is 1170. The zero-order valence-electron chi connectivity index (χ0n) is 16.7. The first kappa shape index (κ1) is 20.2. The minimum absolute atomic E-state index is 0.0283. The molecule has 4 nitrogen and oxygen atoms in total. The fourth-order valence-corrected chi connectivity index (χ4v) is 5.53. The second-order valence-electron chi connectivity index (χ2n) is 7.71. The van der Waals surface area contributed by atoms with E-state index in [1.807, 2.05) is 42.6 Å². The third-order valence-corrected chi connectivity index (χ3v) is 7.01. The predicted molar refractivity (Wildman–Crippen MR) is 126 cm³/mol. The third kappa shape index (κ3) is 3.95. The lowest BCUT2D eigenvalue weighted by Gasteiger charge is -2.21. The van der Waals surface area contributed by atoms with Crippen molar-refractivity contribution in [1.82, 2.24) is 14.7 Å². The van der Waals surface area contributed by atoms with E-state index >= 15 is 0 Å². The van der Waals surface area contributed by atoms with Gasteiger partial charge in [0.05, 0.1) is 16.3 Å². The Balaban J connectivity index is 1.56. The van der Waals surface area contributed by atoms with Gasteiger partial charge in [-0.2, -0.15) is 5.10 Å². The van der Waals surface area contributed by atoms with Gasteiger partial charge in [-0.15, -0.1) is 0 Å². The number of halogens is 1. The van der Waals surface area contributed by atoms with Crippen LogP contribution in [0.15, 0.2) is 65.7 Å². The summed E-state index contributed by atoms with van der Waals surface area (Å²) in [4.78, 5) is 15.5. The zero-order chi connectivity index (χ0) is 21.4. The highest BCUT2D eigenvalue weighted by Crippen LogP contribution is 2.38. The van der Waals surface area contributed by atoms with Gasteiger partial charge in [0.15, 0.2) is 0 Å². The number of benzene rings is 2. The fourth-order valence-electron chi connectivity index (χ4n) is 4.14. The van der Waals surface area contributed by atoms with E-state index in [4.69, 9.17) is 17.3 Å². The number of thiocarbonyl (C=S) groups is 1. The van der Waals surface area contributed by atoms with E-state index in [2.05, 4.69) is 0 Å². The molecule has 0 N–H and O–H groups in total. The molecule has 2 heterocycles. The molecule has 0 spiro atoms. The molecule has 1 amide bonds. The summed E-state index contributed by atoms with van der Waals surface area (Å²) >= 11 is 6.88. The molecule has 2 aromatic carbocycles. The Kier molecular flexibility index (Phi) is 5.46. The molecule has 1 aliphatic carbocycles. The molecule has 3 aromatic rings. The number of nitrogens with zero attached hydrogens (tertiary/aromatic N) is 3. The number of hydrogen-bond donors (Lipinski definition) is 0. The van der Waals surface area contributed by atoms with Gasteiger partial charge < -0.3 is 0 Å². The lowest BCUT2D eigenvalue weighted by molar-refractivity contribution is -0.123. The smallest absolute Gasteiger partial charge is 0.266 e. The second kappa shape index (κ2) is 8.40. The molecule has 0 bridgehead atoms. The highest BCUT2D eigenvalue weighted by molar-refractivity contribution is 8.26. The quantitative estimate of drug-likeness (QED) is 0.371. The summed E-state index contributed by atoms with van der Waals surface area (Å²) in [6, 6.07) is 16.2. The van der Waals surface area contributed by atoms with Crippen molar-refractivity contribution in [2.45, 2.75) is 31.7 Å². The van der Waals surface area contributed by atoms with E-state index in [1.54, 1.807) is 21.7 Å².